The predicted octanol–water partition coefficient (Wildman–Crippen LogP) is 4.86. The Balaban J connectivity index is 1.82. The van der Waals surface area contributed by atoms with Crippen LogP contribution in [0.4, 0.5) is 0 Å². The molecule has 3 aromatic rings. The molecule has 0 saturated heterocycles. The zero-order chi connectivity index (χ0) is 20.3. The second kappa shape index (κ2) is 8.76. The largest absolute Gasteiger partial charge is 0.478 e. The van der Waals surface area contributed by atoms with Crippen LogP contribution in [0.1, 0.15) is 48.9 Å². The van der Waals surface area contributed by atoms with Crippen LogP contribution in [0.5, 0.6) is 0 Å². The quantitative estimate of drug-likeness (QED) is 0.535. The number of aromatic nitrogens is 1. The maximum atomic E-state index is 12.0. The number of nitrogens with one attached hydrogen (secondary N) is 1. The summed E-state index contributed by atoms with van der Waals surface area (Å²) in [5.41, 5.74) is 6.85. The fourth-order valence-corrected chi connectivity index (χ4v) is 4.42. The van der Waals surface area contributed by atoms with Gasteiger partial charge in [-0.05, 0) is 56.7 Å². The third-order valence-electron chi connectivity index (χ3n) is 5.39. The van der Waals surface area contributed by atoms with Crippen LogP contribution in [0.25, 0.3) is 0 Å². The van der Waals surface area contributed by atoms with E-state index in [1.807, 2.05) is 13.8 Å². The van der Waals surface area contributed by atoms with E-state index >= 15 is 0 Å². The molecule has 148 valence electrons. The second-order valence-corrected chi connectivity index (χ2v) is 8.38. The number of aromatic carboxylic acids is 1. The topological polar surface area (TPSA) is 54.3 Å². The van der Waals surface area contributed by atoms with Crippen molar-refractivity contribution in [1.29, 1.82) is 0 Å². The van der Waals surface area contributed by atoms with Crippen molar-refractivity contribution < 1.29 is 9.90 Å². The third-order valence-corrected chi connectivity index (χ3v) is 6.32. The smallest absolute Gasteiger partial charge is 0.337 e. The van der Waals surface area contributed by atoms with Gasteiger partial charge in [0.2, 0.25) is 0 Å². The Morgan fingerprint density at radius 3 is 2.61 bits per heavy atom. The lowest BCUT2D eigenvalue weighted by Crippen LogP contribution is -2.18. The van der Waals surface area contributed by atoms with E-state index in [-0.39, 0.29) is 0 Å². The van der Waals surface area contributed by atoms with Gasteiger partial charge in [-0.15, -0.1) is 11.3 Å². The molecule has 2 heterocycles. The first-order chi connectivity index (χ1) is 13.4. The van der Waals surface area contributed by atoms with Gasteiger partial charge in [0.25, 0.3) is 0 Å². The number of thiophene rings is 1. The van der Waals surface area contributed by atoms with E-state index < -0.39 is 5.97 Å². The summed E-state index contributed by atoms with van der Waals surface area (Å²) in [7, 11) is 0. The van der Waals surface area contributed by atoms with Gasteiger partial charge < -0.3 is 15.0 Å². The van der Waals surface area contributed by atoms with Crippen molar-refractivity contribution in [2.75, 3.05) is 6.54 Å². The summed E-state index contributed by atoms with van der Waals surface area (Å²) >= 11 is 1.75. The molecule has 4 nitrogen and oxygen atoms in total. The molecule has 0 aliphatic heterocycles. The maximum Gasteiger partial charge on any atom is 0.337 e. The van der Waals surface area contributed by atoms with Gasteiger partial charge in [-0.25, -0.2) is 4.79 Å². The van der Waals surface area contributed by atoms with E-state index in [0.717, 1.165) is 29.9 Å². The number of carboxylic acid groups (broad SMARTS) is 1. The van der Waals surface area contributed by atoms with Crippen molar-refractivity contribution in [3.8, 4) is 0 Å². The van der Waals surface area contributed by atoms with E-state index in [1.165, 1.54) is 21.6 Å². The van der Waals surface area contributed by atoms with Gasteiger partial charge in [0.1, 0.15) is 0 Å². The fourth-order valence-electron chi connectivity index (χ4n) is 3.71. The van der Waals surface area contributed by atoms with Gasteiger partial charge in [-0.3, -0.25) is 0 Å². The third kappa shape index (κ3) is 4.37. The zero-order valence-corrected chi connectivity index (χ0v) is 17.8. The Morgan fingerprint density at radius 1 is 1.14 bits per heavy atom. The van der Waals surface area contributed by atoms with E-state index in [9.17, 15) is 9.90 Å². The molecular formula is C23H28N2O2S. The molecule has 0 radical (unpaired) electrons. The number of hydrogen-bond donors (Lipinski definition) is 2. The average molecular weight is 397 g/mol. The highest BCUT2D eigenvalue weighted by Gasteiger charge is 2.22. The highest BCUT2D eigenvalue weighted by atomic mass is 32.1. The van der Waals surface area contributed by atoms with Crippen molar-refractivity contribution >= 4 is 17.3 Å². The lowest BCUT2D eigenvalue weighted by molar-refractivity contribution is 0.0694. The number of nitrogens with zero attached hydrogens (tertiary/aromatic N) is 1. The summed E-state index contributed by atoms with van der Waals surface area (Å²) in [5, 5.41) is 15.3. The van der Waals surface area contributed by atoms with Gasteiger partial charge in [0.05, 0.1) is 5.56 Å². The minimum Gasteiger partial charge on any atom is -0.478 e. The van der Waals surface area contributed by atoms with Crippen LogP contribution in [0.15, 0.2) is 35.7 Å². The predicted molar refractivity (Wildman–Crippen MR) is 116 cm³/mol. The van der Waals surface area contributed by atoms with Gasteiger partial charge in [-0.1, -0.05) is 29.8 Å². The van der Waals surface area contributed by atoms with E-state index in [2.05, 4.69) is 59.4 Å². The highest BCUT2D eigenvalue weighted by molar-refractivity contribution is 7.09. The number of aryl methyl sites for hydroxylation is 2. The normalized spacial score (nSPS) is 11.1. The Kier molecular flexibility index (Phi) is 6.37. The van der Waals surface area contributed by atoms with Gasteiger partial charge in [0, 0.05) is 41.5 Å². The standard InChI is InChI=1S/C23H28N2O2S/c1-15-7-8-16(2)19(12-15)14-25-17(3)21(22(18(25)4)23(26)27)13-24-10-9-20-6-5-11-28-20/h5-8,11-12,24H,9-10,13-14H2,1-4H3,(H,26,27). The van der Waals surface area contributed by atoms with E-state index in [0.29, 0.717) is 18.7 Å². The molecule has 0 amide bonds. The van der Waals surface area contributed by atoms with Crippen molar-refractivity contribution in [2.45, 2.75) is 47.2 Å². The van der Waals surface area contributed by atoms with Crippen LogP contribution in [-0.2, 0) is 19.5 Å². The van der Waals surface area contributed by atoms with Crippen LogP contribution in [-0.4, -0.2) is 22.2 Å². The molecule has 0 fully saturated rings. The maximum absolute atomic E-state index is 12.0. The molecule has 0 spiro atoms. The molecule has 0 bridgehead atoms. The first-order valence-electron chi connectivity index (χ1n) is 9.59. The molecule has 1 aromatic carbocycles. The Hall–Kier alpha value is -2.37. The minimum atomic E-state index is -0.852. The lowest BCUT2D eigenvalue weighted by atomic mass is 10.1. The summed E-state index contributed by atoms with van der Waals surface area (Å²) in [5.74, 6) is -0.852. The Morgan fingerprint density at radius 2 is 1.93 bits per heavy atom. The summed E-state index contributed by atoms with van der Waals surface area (Å²) in [4.78, 5) is 13.3. The SMILES string of the molecule is Cc1ccc(C)c(Cn2c(C)c(CNCCc3cccs3)c(C(=O)O)c2C)c1. The molecule has 0 aliphatic rings. The summed E-state index contributed by atoms with van der Waals surface area (Å²) in [6, 6.07) is 10.6. The van der Waals surface area contributed by atoms with Crippen molar-refractivity contribution in [3.05, 3.63) is 79.8 Å². The fraction of sp³-hybridized carbons (Fsp3) is 0.348. The molecule has 0 unspecified atom stereocenters. The first kappa shape index (κ1) is 20.4. The second-order valence-electron chi connectivity index (χ2n) is 7.35. The van der Waals surface area contributed by atoms with Crippen LogP contribution in [0.2, 0.25) is 0 Å². The average Bonchev–Trinajstić information content (AvgIpc) is 3.24. The molecule has 3 rings (SSSR count). The monoisotopic (exact) mass is 396 g/mol. The van der Waals surface area contributed by atoms with Crippen LogP contribution < -0.4 is 5.32 Å². The molecule has 28 heavy (non-hydrogen) atoms. The Bertz CT molecular complexity index is 971. The van der Waals surface area contributed by atoms with Crippen LogP contribution >= 0.6 is 11.3 Å². The van der Waals surface area contributed by atoms with Crippen molar-refractivity contribution in [1.82, 2.24) is 9.88 Å². The van der Waals surface area contributed by atoms with Gasteiger partial charge in [0.15, 0.2) is 0 Å². The van der Waals surface area contributed by atoms with Crippen molar-refractivity contribution in [3.63, 3.8) is 0 Å². The molecular weight excluding hydrogens is 368 g/mol. The molecule has 5 heteroatoms. The Labute approximate surface area is 170 Å². The van der Waals surface area contributed by atoms with Crippen LogP contribution in [0.3, 0.4) is 0 Å². The molecule has 0 saturated carbocycles. The first-order valence-corrected chi connectivity index (χ1v) is 10.5. The number of hydrogen-bond acceptors (Lipinski definition) is 3. The number of benzene rings is 1. The van der Waals surface area contributed by atoms with Gasteiger partial charge in [-0.2, -0.15) is 0 Å². The number of carboxylic acids is 1. The highest BCUT2D eigenvalue weighted by Crippen LogP contribution is 2.25. The van der Waals surface area contributed by atoms with Gasteiger partial charge >= 0.3 is 5.97 Å². The lowest BCUT2D eigenvalue weighted by Gasteiger charge is -2.13. The van der Waals surface area contributed by atoms with Crippen LogP contribution in [0, 0.1) is 27.7 Å². The summed E-state index contributed by atoms with van der Waals surface area (Å²) < 4.78 is 2.14. The molecule has 2 N–H and O–H groups in total. The summed E-state index contributed by atoms with van der Waals surface area (Å²) in [6.07, 6.45) is 0.960. The zero-order valence-electron chi connectivity index (χ0n) is 17.0. The minimum absolute atomic E-state index is 0.437. The molecule has 0 atom stereocenters. The number of rotatable bonds is 8. The van der Waals surface area contributed by atoms with E-state index in [1.54, 1.807) is 11.3 Å². The molecule has 2 aromatic heterocycles. The van der Waals surface area contributed by atoms with Crippen molar-refractivity contribution in [2.24, 2.45) is 0 Å². The molecule has 0 aliphatic carbocycles. The van der Waals surface area contributed by atoms with E-state index in [4.69, 9.17) is 0 Å². The summed E-state index contributed by atoms with van der Waals surface area (Å²) in [6.45, 7) is 10.2. The number of carbonyl (C=O) groups is 1.